The largest absolute Gasteiger partial charge is 0.386 e. The molecule has 0 saturated heterocycles. The number of hydrogen-bond acceptors (Lipinski definition) is 2. The summed E-state index contributed by atoms with van der Waals surface area (Å²) in [6, 6.07) is 20.2. The van der Waals surface area contributed by atoms with E-state index in [-0.39, 0.29) is 0 Å². The third kappa shape index (κ3) is 3.02. The number of nitrogens with zero attached hydrogens (tertiary/aromatic N) is 1. The maximum atomic E-state index is 5.55. The fraction of sp³-hybridized carbons (Fsp3) is 0.0556. The summed E-state index contributed by atoms with van der Waals surface area (Å²) in [5.74, 6) is 0. The lowest BCUT2D eigenvalue weighted by atomic mass is 10.2. The van der Waals surface area contributed by atoms with Crippen molar-refractivity contribution in [2.45, 2.75) is 6.54 Å². The van der Waals surface area contributed by atoms with E-state index in [1.165, 1.54) is 5.56 Å². The molecule has 0 aliphatic heterocycles. The van der Waals surface area contributed by atoms with Crippen LogP contribution < -0.4 is 15.9 Å². The number of H-pyrrole nitrogens is 1. The summed E-state index contributed by atoms with van der Waals surface area (Å²) in [6.45, 7) is 4.79. The SMILES string of the molecule is C=c1[nH]n(-c2ccccc2)c(=S)/c1=C\NCc1ccccc1. The molecule has 3 rings (SSSR count). The van der Waals surface area contributed by atoms with Gasteiger partial charge >= 0.3 is 0 Å². The fourth-order valence-electron chi connectivity index (χ4n) is 2.27. The molecule has 0 atom stereocenters. The zero-order valence-electron chi connectivity index (χ0n) is 12.1. The van der Waals surface area contributed by atoms with E-state index in [0.717, 1.165) is 27.4 Å². The molecule has 110 valence electrons. The van der Waals surface area contributed by atoms with Crippen molar-refractivity contribution >= 4 is 25.0 Å². The first-order chi connectivity index (χ1) is 10.8. The van der Waals surface area contributed by atoms with Gasteiger partial charge in [-0.1, -0.05) is 67.3 Å². The number of hydrogen-bond donors (Lipinski definition) is 2. The highest BCUT2D eigenvalue weighted by atomic mass is 32.1. The molecule has 0 aliphatic carbocycles. The van der Waals surface area contributed by atoms with Gasteiger partial charge in [0.1, 0.15) is 4.64 Å². The van der Waals surface area contributed by atoms with E-state index in [0.29, 0.717) is 0 Å². The van der Waals surface area contributed by atoms with Crippen LogP contribution in [0.15, 0.2) is 60.7 Å². The minimum atomic E-state index is 0.719. The lowest BCUT2D eigenvalue weighted by Gasteiger charge is -2.01. The zero-order valence-corrected chi connectivity index (χ0v) is 12.9. The van der Waals surface area contributed by atoms with Gasteiger partial charge in [0, 0.05) is 12.7 Å². The number of rotatable bonds is 4. The van der Waals surface area contributed by atoms with Gasteiger partial charge in [0.05, 0.1) is 16.3 Å². The molecule has 0 amide bonds. The Morgan fingerprint density at radius 3 is 2.36 bits per heavy atom. The molecule has 0 fully saturated rings. The molecule has 1 heterocycles. The summed E-state index contributed by atoms with van der Waals surface area (Å²) in [6.07, 6.45) is 1.92. The molecular formula is C18H17N3S. The van der Waals surface area contributed by atoms with Crippen LogP contribution in [0.1, 0.15) is 5.56 Å². The van der Waals surface area contributed by atoms with Crippen molar-refractivity contribution in [2.24, 2.45) is 0 Å². The van der Waals surface area contributed by atoms with E-state index < -0.39 is 0 Å². The third-order valence-electron chi connectivity index (χ3n) is 3.42. The van der Waals surface area contributed by atoms with Crippen molar-refractivity contribution in [1.29, 1.82) is 0 Å². The average Bonchev–Trinajstić information content (AvgIpc) is 2.85. The second-order valence-electron chi connectivity index (χ2n) is 4.99. The van der Waals surface area contributed by atoms with Crippen molar-refractivity contribution in [1.82, 2.24) is 15.1 Å². The summed E-state index contributed by atoms with van der Waals surface area (Å²) >= 11 is 5.55. The predicted molar refractivity (Wildman–Crippen MR) is 93.5 cm³/mol. The highest BCUT2D eigenvalue weighted by Crippen LogP contribution is 2.03. The molecule has 22 heavy (non-hydrogen) atoms. The standard InChI is InChI=1S/C18H17N3S/c1-14-17(13-19-12-15-8-4-2-5-9-15)18(22)21(20-14)16-10-6-3-7-11-16/h2-11,13,19-20H,1,12H2/b17-13-. The molecule has 4 heteroatoms. The highest BCUT2D eigenvalue weighted by Gasteiger charge is 2.00. The van der Waals surface area contributed by atoms with Crippen LogP contribution in [0.4, 0.5) is 0 Å². The molecule has 1 aromatic heterocycles. The quantitative estimate of drug-likeness (QED) is 0.726. The Morgan fingerprint density at radius 1 is 1.05 bits per heavy atom. The summed E-state index contributed by atoms with van der Waals surface area (Å²) in [5.41, 5.74) is 2.22. The molecule has 0 unspecified atom stereocenters. The number of para-hydroxylation sites is 1. The normalized spacial score (nSPS) is 11.5. The lowest BCUT2D eigenvalue weighted by molar-refractivity contribution is 0.857. The first-order valence-corrected chi connectivity index (χ1v) is 7.49. The van der Waals surface area contributed by atoms with Gasteiger partial charge in [-0.15, -0.1) is 0 Å². The van der Waals surface area contributed by atoms with E-state index in [4.69, 9.17) is 12.2 Å². The topological polar surface area (TPSA) is 32.8 Å². The van der Waals surface area contributed by atoms with Crippen LogP contribution in [-0.2, 0) is 6.54 Å². The minimum Gasteiger partial charge on any atom is -0.386 e. The molecule has 0 aliphatic rings. The number of aromatic nitrogens is 2. The van der Waals surface area contributed by atoms with Crippen LogP contribution in [0.2, 0.25) is 0 Å². The van der Waals surface area contributed by atoms with Crippen LogP contribution in [0, 0.1) is 4.64 Å². The molecule has 0 radical (unpaired) electrons. The smallest absolute Gasteiger partial charge is 0.136 e. The summed E-state index contributed by atoms with van der Waals surface area (Å²) in [7, 11) is 0. The molecule has 0 saturated carbocycles. The van der Waals surface area contributed by atoms with Gasteiger partial charge in [-0.05, 0) is 17.7 Å². The molecule has 3 aromatic rings. The van der Waals surface area contributed by atoms with E-state index in [1.54, 1.807) is 0 Å². The molecule has 0 spiro atoms. The Kier molecular flexibility index (Phi) is 4.21. The Bertz CT molecular complexity index is 908. The second kappa shape index (κ2) is 6.45. The number of benzene rings is 2. The molecule has 3 nitrogen and oxygen atoms in total. The predicted octanol–water partition coefficient (Wildman–Crippen LogP) is 2.47. The first-order valence-electron chi connectivity index (χ1n) is 7.08. The van der Waals surface area contributed by atoms with Crippen molar-refractivity contribution < 1.29 is 0 Å². The number of aromatic amines is 1. The third-order valence-corrected chi connectivity index (χ3v) is 3.82. The Labute approximate surface area is 134 Å². The summed E-state index contributed by atoms with van der Waals surface area (Å²) in [4.78, 5) is 0. The van der Waals surface area contributed by atoms with E-state index in [9.17, 15) is 0 Å². The minimum absolute atomic E-state index is 0.719. The van der Waals surface area contributed by atoms with Crippen LogP contribution in [0.25, 0.3) is 18.5 Å². The monoisotopic (exact) mass is 307 g/mol. The maximum absolute atomic E-state index is 5.55. The van der Waals surface area contributed by atoms with Crippen LogP contribution in [0.3, 0.4) is 0 Å². The van der Waals surface area contributed by atoms with E-state index in [2.05, 4.69) is 29.1 Å². The van der Waals surface area contributed by atoms with Gasteiger partial charge in [0.15, 0.2) is 0 Å². The zero-order chi connectivity index (χ0) is 15.4. The van der Waals surface area contributed by atoms with Crippen LogP contribution >= 0.6 is 12.2 Å². The van der Waals surface area contributed by atoms with Crippen molar-refractivity contribution in [3.8, 4) is 5.69 Å². The van der Waals surface area contributed by atoms with Crippen LogP contribution in [-0.4, -0.2) is 9.78 Å². The van der Waals surface area contributed by atoms with Crippen LogP contribution in [0.5, 0.6) is 0 Å². The Balaban J connectivity index is 1.89. The Hall–Kier alpha value is -2.59. The van der Waals surface area contributed by atoms with E-state index in [1.807, 2.05) is 59.4 Å². The summed E-state index contributed by atoms with van der Waals surface area (Å²) in [5, 5.41) is 8.22. The molecule has 2 aromatic carbocycles. The van der Waals surface area contributed by atoms with Crippen molar-refractivity contribution in [2.75, 3.05) is 0 Å². The average molecular weight is 307 g/mol. The van der Waals surface area contributed by atoms with Gasteiger partial charge < -0.3 is 5.32 Å². The Morgan fingerprint density at radius 2 is 1.68 bits per heavy atom. The molecule has 2 N–H and O–H groups in total. The van der Waals surface area contributed by atoms with Gasteiger partial charge in [0.2, 0.25) is 0 Å². The van der Waals surface area contributed by atoms with E-state index >= 15 is 0 Å². The molecule has 0 bridgehead atoms. The van der Waals surface area contributed by atoms with Gasteiger partial charge in [-0.25, -0.2) is 4.68 Å². The first kappa shape index (κ1) is 14.4. The lowest BCUT2D eigenvalue weighted by Crippen LogP contribution is -2.24. The van der Waals surface area contributed by atoms with Gasteiger partial charge in [0.25, 0.3) is 0 Å². The highest BCUT2D eigenvalue weighted by molar-refractivity contribution is 7.71. The fourth-order valence-corrected chi connectivity index (χ4v) is 2.60. The van der Waals surface area contributed by atoms with Crippen molar-refractivity contribution in [3.05, 3.63) is 81.4 Å². The second-order valence-corrected chi connectivity index (χ2v) is 5.38. The summed E-state index contributed by atoms with van der Waals surface area (Å²) < 4.78 is 2.59. The molecular weight excluding hydrogens is 290 g/mol. The van der Waals surface area contributed by atoms with Crippen molar-refractivity contribution in [3.63, 3.8) is 0 Å². The maximum Gasteiger partial charge on any atom is 0.136 e. The van der Waals surface area contributed by atoms with Gasteiger partial charge in [-0.2, -0.15) is 0 Å². The van der Waals surface area contributed by atoms with Gasteiger partial charge in [-0.3, -0.25) is 5.10 Å². The number of nitrogens with one attached hydrogen (secondary N) is 2.